The van der Waals surface area contributed by atoms with E-state index in [0.717, 1.165) is 24.1 Å². The van der Waals surface area contributed by atoms with Crippen molar-refractivity contribution in [3.63, 3.8) is 0 Å². The van der Waals surface area contributed by atoms with Crippen molar-refractivity contribution in [3.8, 4) is 0 Å². The molecule has 4 nitrogen and oxygen atoms in total. The van der Waals surface area contributed by atoms with Crippen LogP contribution in [0.1, 0.15) is 20.8 Å². The molecule has 0 saturated carbocycles. The summed E-state index contributed by atoms with van der Waals surface area (Å²) in [5.74, 6) is -3.70. The van der Waals surface area contributed by atoms with Crippen LogP contribution in [0.2, 0.25) is 0 Å². The third kappa shape index (κ3) is 3.00. The molecule has 122 valence electrons. The van der Waals surface area contributed by atoms with Crippen molar-refractivity contribution < 1.29 is 22.0 Å². The van der Waals surface area contributed by atoms with Crippen LogP contribution >= 0.6 is 11.3 Å². The molecule has 0 saturated heterocycles. The molecule has 1 amide bonds. The molecular weight excluding hydrogens is 344 g/mol. The lowest BCUT2D eigenvalue weighted by atomic mass is 10.1. The van der Waals surface area contributed by atoms with Gasteiger partial charge in [-0.3, -0.25) is 4.79 Å². The molecule has 0 radical (unpaired) electrons. The Morgan fingerprint density at radius 3 is 2.52 bits per heavy atom. The third-order valence-corrected chi connectivity index (χ3v) is 6.18. The molecule has 2 heterocycles. The minimum Gasteiger partial charge on any atom is -0.334 e. The number of amides is 1. The summed E-state index contributed by atoms with van der Waals surface area (Å²) < 4.78 is 47.7. The number of sulfone groups is 1. The topological polar surface area (TPSA) is 54.5 Å². The van der Waals surface area contributed by atoms with Crippen LogP contribution in [-0.2, 0) is 22.8 Å². The van der Waals surface area contributed by atoms with Gasteiger partial charge < -0.3 is 4.90 Å². The number of alkyl halides is 2. The molecule has 23 heavy (non-hydrogen) atoms. The van der Waals surface area contributed by atoms with E-state index in [4.69, 9.17) is 0 Å². The molecule has 0 atom stereocenters. The van der Waals surface area contributed by atoms with Gasteiger partial charge in [-0.15, -0.1) is 11.3 Å². The molecule has 0 spiro atoms. The van der Waals surface area contributed by atoms with Crippen LogP contribution in [0.25, 0.3) is 0 Å². The highest BCUT2D eigenvalue weighted by Crippen LogP contribution is 2.25. The zero-order valence-electron chi connectivity index (χ0n) is 11.9. The summed E-state index contributed by atoms with van der Waals surface area (Å²) in [6.45, 7) is 1.10. The maximum absolute atomic E-state index is 12.5. The van der Waals surface area contributed by atoms with Crippen molar-refractivity contribution in [2.75, 3.05) is 6.54 Å². The predicted octanol–water partition coefficient (Wildman–Crippen LogP) is 2.94. The van der Waals surface area contributed by atoms with Gasteiger partial charge in [-0.1, -0.05) is 0 Å². The van der Waals surface area contributed by atoms with E-state index in [9.17, 15) is 22.0 Å². The minimum absolute atomic E-state index is 0.233. The summed E-state index contributed by atoms with van der Waals surface area (Å²) >= 11 is 1.67. The first-order valence-corrected chi connectivity index (χ1v) is 9.29. The number of benzene rings is 1. The van der Waals surface area contributed by atoms with Crippen molar-refractivity contribution >= 4 is 27.1 Å². The molecule has 0 bridgehead atoms. The highest BCUT2D eigenvalue weighted by Gasteiger charge is 2.27. The number of fused-ring (bicyclic) bond motifs is 1. The van der Waals surface area contributed by atoms with Crippen molar-refractivity contribution in [1.82, 2.24) is 4.90 Å². The van der Waals surface area contributed by atoms with E-state index < -0.39 is 20.5 Å². The zero-order valence-corrected chi connectivity index (χ0v) is 13.5. The Hall–Kier alpha value is -1.80. The van der Waals surface area contributed by atoms with E-state index in [-0.39, 0.29) is 11.5 Å². The van der Waals surface area contributed by atoms with Gasteiger partial charge in [0.2, 0.25) is 9.84 Å². The van der Waals surface area contributed by atoms with Gasteiger partial charge >= 0.3 is 5.76 Å². The Morgan fingerprint density at radius 2 is 1.87 bits per heavy atom. The third-order valence-electron chi connectivity index (χ3n) is 3.76. The average Bonchev–Trinajstić information content (AvgIpc) is 3.01. The number of thiophene rings is 1. The first-order valence-electron chi connectivity index (χ1n) is 6.86. The van der Waals surface area contributed by atoms with E-state index in [0.29, 0.717) is 13.1 Å². The summed E-state index contributed by atoms with van der Waals surface area (Å²) in [6, 6.07) is 6.64. The predicted molar refractivity (Wildman–Crippen MR) is 82.4 cm³/mol. The lowest BCUT2D eigenvalue weighted by molar-refractivity contribution is 0.0736. The van der Waals surface area contributed by atoms with Crippen LogP contribution in [0, 0.1) is 0 Å². The van der Waals surface area contributed by atoms with Gasteiger partial charge in [-0.2, -0.15) is 8.78 Å². The molecule has 3 rings (SSSR count). The molecular formula is C15H13F2NO3S2. The number of hydrogen-bond acceptors (Lipinski definition) is 4. The Kier molecular flexibility index (Phi) is 4.20. The molecule has 0 unspecified atom stereocenters. The summed E-state index contributed by atoms with van der Waals surface area (Å²) in [6.07, 6.45) is 0.788. The molecule has 8 heteroatoms. The van der Waals surface area contributed by atoms with Gasteiger partial charge in [0.25, 0.3) is 5.91 Å². The number of nitrogens with zero attached hydrogens (tertiary/aromatic N) is 1. The Morgan fingerprint density at radius 1 is 1.17 bits per heavy atom. The van der Waals surface area contributed by atoms with Crippen LogP contribution in [0.5, 0.6) is 0 Å². The number of carbonyl (C=O) groups excluding carboxylic acids is 1. The quantitative estimate of drug-likeness (QED) is 0.849. The van der Waals surface area contributed by atoms with Crippen molar-refractivity contribution in [1.29, 1.82) is 0 Å². The van der Waals surface area contributed by atoms with Gasteiger partial charge in [-0.05, 0) is 47.7 Å². The summed E-state index contributed by atoms with van der Waals surface area (Å²) in [4.78, 5) is 14.9. The summed E-state index contributed by atoms with van der Waals surface area (Å²) in [7, 11) is -4.63. The van der Waals surface area contributed by atoms with Crippen molar-refractivity contribution in [2.24, 2.45) is 0 Å². The second-order valence-corrected chi connectivity index (χ2v) is 8.09. The summed E-state index contributed by atoms with van der Waals surface area (Å²) in [5, 5.41) is 1.99. The van der Waals surface area contributed by atoms with Gasteiger partial charge in [-0.25, -0.2) is 8.42 Å². The van der Waals surface area contributed by atoms with Gasteiger partial charge in [0.15, 0.2) is 0 Å². The average molecular weight is 357 g/mol. The first kappa shape index (κ1) is 16.1. The van der Waals surface area contributed by atoms with Crippen LogP contribution in [-0.4, -0.2) is 31.5 Å². The maximum atomic E-state index is 12.5. The Bertz CT molecular complexity index is 829. The smallest absolute Gasteiger partial charge is 0.334 e. The fourth-order valence-electron chi connectivity index (χ4n) is 2.49. The molecule has 1 aromatic heterocycles. The summed E-state index contributed by atoms with van der Waals surface area (Å²) in [5.41, 5.74) is 1.41. The highest BCUT2D eigenvalue weighted by atomic mass is 32.2. The lowest BCUT2D eigenvalue weighted by Crippen LogP contribution is -2.35. The van der Waals surface area contributed by atoms with Crippen LogP contribution in [0.3, 0.4) is 0 Å². The zero-order chi connectivity index (χ0) is 16.6. The highest BCUT2D eigenvalue weighted by molar-refractivity contribution is 7.91. The fraction of sp³-hybridized carbons (Fsp3) is 0.267. The molecule has 0 N–H and O–H groups in total. The molecule has 0 fully saturated rings. The molecule has 2 aromatic rings. The van der Waals surface area contributed by atoms with Gasteiger partial charge in [0, 0.05) is 23.5 Å². The van der Waals surface area contributed by atoms with Crippen LogP contribution < -0.4 is 0 Å². The van der Waals surface area contributed by atoms with Crippen LogP contribution in [0.15, 0.2) is 40.6 Å². The fourth-order valence-corrected chi connectivity index (χ4v) is 4.11. The van der Waals surface area contributed by atoms with Crippen LogP contribution in [0.4, 0.5) is 8.78 Å². The number of rotatable bonds is 3. The van der Waals surface area contributed by atoms with E-state index in [1.165, 1.54) is 17.0 Å². The van der Waals surface area contributed by atoms with Crippen molar-refractivity contribution in [3.05, 3.63) is 51.7 Å². The van der Waals surface area contributed by atoms with E-state index in [1.807, 2.05) is 11.4 Å². The normalized spacial score (nSPS) is 14.8. The maximum Gasteiger partial charge on any atom is 0.341 e. The second-order valence-electron chi connectivity index (χ2n) is 5.18. The molecule has 1 aliphatic rings. The molecule has 0 aliphatic carbocycles. The Labute approximate surface area is 136 Å². The van der Waals surface area contributed by atoms with E-state index in [2.05, 4.69) is 0 Å². The largest absolute Gasteiger partial charge is 0.341 e. The Balaban J connectivity index is 1.79. The van der Waals surface area contributed by atoms with Gasteiger partial charge in [0.1, 0.15) is 0 Å². The SMILES string of the molecule is O=C(c1ccc(S(=O)(=O)C(F)F)cc1)N1CCc2sccc2C1. The number of halogens is 2. The molecule has 1 aliphatic heterocycles. The number of carbonyl (C=O) groups is 1. The molecule has 1 aromatic carbocycles. The van der Waals surface area contributed by atoms with Crippen molar-refractivity contribution in [2.45, 2.75) is 23.6 Å². The second kappa shape index (κ2) is 6.01. The lowest BCUT2D eigenvalue weighted by Gasteiger charge is -2.27. The minimum atomic E-state index is -4.63. The first-order chi connectivity index (χ1) is 10.9. The van der Waals surface area contributed by atoms with E-state index in [1.54, 1.807) is 16.2 Å². The van der Waals surface area contributed by atoms with E-state index >= 15 is 0 Å². The number of hydrogen-bond donors (Lipinski definition) is 0. The monoisotopic (exact) mass is 357 g/mol. The standard InChI is InChI=1S/C15H13F2NO3S2/c16-15(17)23(20,21)12-3-1-10(2-4-12)14(19)18-7-5-13-11(9-18)6-8-22-13/h1-4,6,8,15H,5,7,9H2. The van der Waals surface area contributed by atoms with Gasteiger partial charge in [0.05, 0.1) is 4.90 Å².